The maximum absolute atomic E-state index is 11.2. The molecule has 7 nitrogen and oxygen atoms in total. The normalized spacial score (nSPS) is 11.8. The van der Waals surface area contributed by atoms with E-state index in [0.717, 1.165) is 23.3 Å². The average Bonchev–Trinajstić information content (AvgIpc) is 2.87. The first-order chi connectivity index (χ1) is 17.4. The van der Waals surface area contributed by atoms with Gasteiger partial charge in [-0.1, -0.05) is 41.9 Å². The van der Waals surface area contributed by atoms with Gasteiger partial charge in [-0.3, -0.25) is 4.79 Å². The van der Waals surface area contributed by atoms with E-state index in [9.17, 15) is 15.0 Å². The number of benzene rings is 3. The topological polar surface area (TPSA) is 97.3 Å². The number of rotatable bonds is 14. The largest absolute Gasteiger partial charge is 0.491 e. The quantitative estimate of drug-likeness (QED) is 0.169. The number of esters is 1. The third kappa shape index (κ3) is 9.26. The second-order valence-electron chi connectivity index (χ2n) is 8.26. The Kier molecular flexibility index (Phi) is 11.2. The fourth-order valence-corrected chi connectivity index (χ4v) is 3.77. The summed E-state index contributed by atoms with van der Waals surface area (Å²) >= 11 is 5.97. The van der Waals surface area contributed by atoms with Gasteiger partial charge in [0.05, 0.1) is 25.9 Å². The van der Waals surface area contributed by atoms with Crippen LogP contribution in [0.4, 0.5) is 0 Å². The summed E-state index contributed by atoms with van der Waals surface area (Å²) in [5.74, 6) is 0.620. The third-order valence-electron chi connectivity index (χ3n) is 5.40. The van der Waals surface area contributed by atoms with Crippen molar-refractivity contribution in [1.82, 2.24) is 5.32 Å². The van der Waals surface area contributed by atoms with Crippen LogP contribution in [0.5, 0.6) is 11.5 Å². The molecule has 0 saturated heterocycles. The van der Waals surface area contributed by atoms with E-state index >= 15 is 0 Å². The van der Waals surface area contributed by atoms with E-state index in [4.69, 9.17) is 25.8 Å². The summed E-state index contributed by atoms with van der Waals surface area (Å²) in [5.41, 5.74) is 3.27. The zero-order chi connectivity index (χ0) is 25.8. The summed E-state index contributed by atoms with van der Waals surface area (Å²) in [4.78, 5) is 11.2. The molecule has 192 valence electrons. The second-order valence-corrected chi connectivity index (χ2v) is 8.70. The Morgan fingerprint density at radius 2 is 1.83 bits per heavy atom. The first kappa shape index (κ1) is 27.6. The molecule has 0 bridgehead atoms. The number of hydrogen-bond donors (Lipinski definition) is 3. The Labute approximate surface area is 216 Å². The highest BCUT2D eigenvalue weighted by Crippen LogP contribution is 2.24. The molecule has 36 heavy (non-hydrogen) atoms. The molecule has 3 N–H and O–H groups in total. The molecule has 0 spiro atoms. The van der Waals surface area contributed by atoms with E-state index in [1.807, 2.05) is 48.5 Å². The zero-order valence-electron chi connectivity index (χ0n) is 20.3. The van der Waals surface area contributed by atoms with Crippen LogP contribution in [0.2, 0.25) is 5.02 Å². The Balaban J connectivity index is 1.33. The monoisotopic (exact) mass is 513 g/mol. The molecule has 0 heterocycles. The van der Waals surface area contributed by atoms with Crippen molar-refractivity contribution in [2.24, 2.45) is 0 Å². The van der Waals surface area contributed by atoms with Gasteiger partial charge in [0.25, 0.3) is 0 Å². The molecule has 3 rings (SSSR count). The second kappa shape index (κ2) is 14.6. The molecule has 1 atom stereocenters. The van der Waals surface area contributed by atoms with Crippen molar-refractivity contribution >= 4 is 17.6 Å². The number of halogens is 1. The number of aliphatic hydroxyl groups is 2. The minimum atomic E-state index is -0.751. The fraction of sp³-hybridized carbons (Fsp3) is 0.321. The van der Waals surface area contributed by atoms with Crippen molar-refractivity contribution in [3.63, 3.8) is 0 Å². The van der Waals surface area contributed by atoms with Gasteiger partial charge in [0.1, 0.15) is 18.1 Å². The lowest BCUT2D eigenvalue weighted by Gasteiger charge is -2.15. The molecule has 0 radical (unpaired) electrons. The van der Waals surface area contributed by atoms with Crippen molar-refractivity contribution in [1.29, 1.82) is 0 Å². The van der Waals surface area contributed by atoms with Gasteiger partial charge in [-0.25, -0.2) is 0 Å². The van der Waals surface area contributed by atoms with Crippen molar-refractivity contribution in [2.45, 2.75) is 32.7 Å². The molecule has 0 saturated carbocycles. The van der Waals surface area contributed by atoms with Crippen LogP contribution in [-0.4, -0.2) is 42.5 Å². The Morgan fingerprint density at radius 3 is 2.56 bits per heavy atom. The van der Waals surface area contributed by atoms with Crippen molar-refractivity contribution < 1.29 is 29.2 Å². The average molecular weight is 514 g/mol. The fourth-order valence-electron chi connectivity index (χ4n) is 3.56. The van der Waals surface area contributed by atoms with Gasteiger partial charge < -0.3 is 29.7 Å². The lowest BCUT2D eigenvalue weighted by atomic mass is 10.0. The molecule has 1 unspecified atom stereocenters. The number of hydrogen-bond acceptors (Lipinski definition) is 7. The first-order valence-electron chi connectivity index (χ1n) is 11.8. The van der Waals surface area contributed by atoms with E-state index < -0.39 is 12.1 Å². The number of aliphatic hydroxyl groups excluding tert-OH is 2. The highest BCUT2D eigenvalue weighted by atomic mass is 35.5. The van der Waals surface area contributed by atoms with Gasteiger partial charge in [0.15, 0.2) is 0 Å². The minimum Gasteiger partial charge on any atom is -0.491 e. The van der Waals surface area contributed by atoms with Gasteiger partial charge in [0.2, 0.25) is 0 Å². The predicted octanol–water partition coefficient (Wildman–Crippen LogP) is 4.22. The molecule has 0 aromatic heterocycles. The van der Waals surface area contributed by atoms with E-state index in [0.29, 0.717) is 54.8 Å². The van der Waals surface area contributed by atoms with E-state index in [1.165, 1.54) is 6.92 Å². The molecule has 0 aliphatic heterocycles. The van der Waals surface area contributed by atoms with Crippen LogP contribution in [0, 0.1) is 0 Å². The Hall–Kier alpha value is -2.94. The molecule has 0 amide bonds. The van der Waals surface area contributed by atoms with Crippen LogP contribution in [0.1, 0.15) is 35.3 Å². The lowest BCUT2D eigenvalue weighted by molar-refractivity contribution is -0.131. The predicted molar refractivity (Wildman–Crippen MR) is 138 cm³/mol. The smallest absolute Gasteiger partial charge is 0.308 e. The van der Waals surface area contributed by atoms with Crippen LogP contribution < -0.4 is 14.8 Å². The van der Waals surface area contributed by atoms with Crippen LogP contribution in [0.15, 0.2) is 66.7 Å². The Bertz CT molecular complexity index is 1110. The molecular weight excluding hydrogens is 482 g/mol. The molecule has 0 aliphatic rings. The molecular formula is C28H32ClNO6. The number of nitrogens with one attached hydrogen (secondary N) is 1. The SMILES string of the molecule is CC(=O)Oc1ccc(C(O)CNCCc2ccc(OCCOCc3cccc(Cl)c3)cc2)cc1CO. The van der Waals surface area contributed by atoms with E-state index in [2.05, 4.69) is 5.32 Å². The standard InChI is InChI=1S/C28H32ClNO6/c1-20(32)36-28-10-7-23(16-24(28)18-31)27(33)17-30-12-11-21-5-8-26(9-6-21)35-14-13-34-19-22-3-2-4-25(29)15-22/h2-10,15-16,27,30-31,33H,11-14,17-19H2,1H3. The lowest BCUT2D eigenvalue weighted by Crippen LogP contribution is -2.24. The number of carbonyl (C=O) groups is 1. The van der Waals surface area contributed by atoms with E-state index in [-0.39, 0.29) is 6.61 Å². The molecule has 3 aromatic rings. The van der Waals surface area contributed by atoms with Gasteiger partial charge >= 0.3 is 5.97 Å². The summed E-state index contributed by atoms with van der Waals surface area (Å²) in [7, 11) is 0. The highest BCUT2D eigenvalue weighted by molar-refractivity contribution is 6.30. The maximum Gasteiger partial charge on any atom is 0.308 e. The van der Waals surface area contributed by atoms with Crippen molar-refractivity contribution in [2.75, 3.05) is 26.3 Å². The molecule has 0 fully saturated rings. The molecule has 8 heteroatoms. The summed E-state index contributed by atoms with van der Waals surface area (Å²) in [6.07, 6.45) is 0.0433. The van der Waals surface area contributed by atoms with Gasteiger partial charge in [-0.05, 0) is 66.1 Å². The van der Waals surface area contributed by atoms with Crippen molar-refractivity contribution in [3.05, 3.63) is 94.0 Å². The summed E-state index contributed by atoms with van der Waals surface area (Å²) in [5, 5.41) is 23.9. The van der Waals surface area contributed by atoms with Crippen LogP contribution in [0.3, 0.4) is 0 Å². The number of carbonyl (C=O) groups excluding carboxylic acids is 1. The summed E-state index contributed by atoms with van der Waals surface area (Å²) < 4.78 is 16.4. The van der Waals surface area contributed by atoms with Crippen molar-refractivity contribution in [3.8, 4) is 11.5 Å². The molecule has 0 aliphatic carbocycles. The maximum atomic E-state index is 11.2. The highest BCUT2D eigenvalue weighted by Gasteiger charge is 2.12. The summed E-state index contributed by atoms with van der Waals surface area (Å²) in [6, 6.07) is 20.4. The van der Waals surface area contributed by atoms with Crippen LogP contribution >= 0.6 is 11.6 Å². The summed E-state index contributed by atoms with van der Waals surface area (Å²) in [6.45, 7) is 3.49. The van der Waals surface area contributed by atoms with Crippen LogP contribution in [-0.2, 0) is 29.2 Å². The number of ether oxygens (including phenoxy) is 3. The van der Waals surface area contributed by atoms with Gasteiger partial charge in [-0.2, -0.15) is 0 Å². The van der Waals surface area contributed by atoms with Gasteiger partial charge in [0, 0.05) is 24.1 Å². The first-order valence-corrected chi connectivity index (χ1v) is 12.2. The zero-order valence-corrected chi connectivity index (χ0v) is 21.0. The minimum absolute atomic E-state index is 0.285. The third-order valence-corrected chi connectivity index (χ3v) is 5.63. The van der Waals surface area contributed by atoms with E-state index in [1.54, 1.807) is 18.2 Å². The Morgan fingerprint density at radius 1 is 1.03 bits per heavy atom. The van der Waals surface area contributed by atoms with Crippen LogP contribution in [0.25, 0.3) is 0 Å². The molecule has 3 aromatic carbocycles. The van der Waals surface area contributed by atoms with Gasteiger partial charge in [-0.15, -0.1) is 0 Å².